The van der Waals surface area contributed by atoms with Gasteiger partial charge in [-0.1, -0.05) is 18.2 Å². The Hall–Kier alpha value is -1.87. The summed E-state index contributed by atoms with van der Waals surface area (Å²) in [5.41, 5.74) is 2.51. The molecule has 0 aliphatic rings. The van der Waals surface area contributed by atoms with E-state index in [1.165, 1.54) is 11.1 Å². The molecule has 0 bridgehead atoms. The molecule has 1 aromatic heterocycles. The average molecular weight is 270 g/mol. The van der Waals surface area contributed by atoms with Crippen LogP contribution in [-0.2, 0) is 13.0 Å². The van der Waals surface area contributed by atoms with Crippen molar-refractivity contribution < 1.29 is 4.74 Å². The van der Waals surface area contributed by atoms with Crippen LogP contribution in [0.4, 0.5) is 0 Å². The number of ether oxygens (including phenoxy) is 1. The lowest BCUT2D eigenvalue weighted by atomic mass is 10.2. The van der Waals surface area contributed by atoms with Gasteiger partial charge in [0, 0.05) is 18.9 Å². The molecule has 0 aliphatic carbocycles. The van der Waals surface area contributed by atoms with Crippen LogP contribution in [0.25, 0.3) is 0 Å². The maximum Gasteiger partial charge on any atom is 0.120 e. The molecule has 1 aromatic carbocycles. The monoisotopic (exact) mass is 270 g/mol. The summed E-state index contributed by atoms with van der Waals surface area (Å²) in [4.78, 5) is 4.12. The first-order valence-electron chi connectivity index (χ1n) is 7.09. The molecule has 0 radical (unpaired) electrons. The van der Waals surface area contributed by atoms with E-state index in [0.717, 1.165) is 25.3 Å². The van der Waals surface area contributed by atoms with E-state index >= 15 is 0 Å². The van der Waals surface area contributed by atoms with Gasteiger partial charge in [0.25, 0.3) is 0 Å². The Bertz CT molecular complexity index is 511. The number of pyridine rings is 1. The zero-order valence-corrected chi connectivity index (χ0v) is 12.2. The third kappa shape index (κ3) is 5.02. The number of hydrogen-bond acceptors (Lipinski definition) is 3. The lowest BCUT2D eigenvalue weighted by molar-refractivity contribution is 0.242. The van der Waals surface area contributed by atoms with Gasteiger partial charge in [0.05, 0.1) is 6.10 Å². The molecule has 0 saturated heterocycles. The van der Waals surface area contributed by atoms with Crippen LogP contribution >= 0.6 is 0 Å². The summed E-state index contributed by atoms with van der Waals surface area (Å²) >= 11 is 0. The average Bonchev–Trinajstić information content (AvgIpc) is 2.44. The van der Waals surface area contributed by atoms with Gasteiger partial charge in [-0.15, -0.1) is 0 Å². The van der Waals surface area contributed by atoms with Crippen molar-refractivity contribution in [2.45, 2.75) is 32.9 Å². The van der Waals surface area contributed by atoms with Gasteiger partial charge in [0.1, 0.15) is 5.75 Å². The number of benzene rings is 1. The lowest BCUT2D eigenvalue weighted by Crippen LogP contribution is -2.16. The Balaban J connectivity index is 1.76. The van der Waals surface area contributed by atoms with E-state index in [1.54, 1.807) is 6.20 Å². The molecule has 106 valence electrons. The number of nitrogens with one attached hydrogen (secondary N) is 1. The third-order valence-electron chi connectivity index (χ3n) is 2.91. The van der Waals surface area contributed by atoms with Crippen LogP contribution in [0.15, 0.2) is 48.8 Å². The Morgan fingerprint density at radius 3 is 2.75 bits per heavy atom. The van der Waals surface area contributed by atoms with Gasteiger partial charge < -0.3 is 10.1 Å². The summed E-state index contributed by atoms with van der Waals surface area (Å²) in [6.45, 7) is 5.88. The molecule has 0 fully saturated rings. The van der Waals surface area contributed by atoms with Crippen molar-refractivity contribution in [3.63, 3.8) is 0 Å². The maximum absolute atomic E-state index is 5.69. The zero-order valence-electron chi connectivity index (χ0n) is 12.2. The van der Waals surface area contributed by atoms with Crippen molar-refractivity contribution in [1.82, 2.24) is 10.3 Å². The first-order valence-corrected chi connectivity index (χ1v) is 7.09. The normalized spacial score (nSPS) is 10.8. The topological polar surface area (TPSA) is 34.1 Å². The summed E-state index contributed by atoms with van der Waals surface area (Å²) in [5.74, 6) is 0.937. The number of hydrogen-bond donors (Lipinski definition) is 1. The summed E-state index contributed by atoms with van der Waals surface area (Å²) in [5, 5.41) is 3.45. The van der Waals surface area contributed by atoms with Crippen molar-refractivity contribution in [2.75, 3.05) is 6.54 Å². The molecule has 20 heavy (non-hydrogen) atoms. The molecular weight excluding hydrogens is 248 g/mol. The first-order chi connectivity index (χ1) is 9.74. The lowest BCUT2D eigenvalue weighted by Gasteiger charge is -2.11. The number of aromatic nitrogens is 1. The number of rotatable bonds is 7. The fourth-order valence-electron chi connectivity index (χ4n) is 2.01. The third-order valence-corrected chi connectivity index (χ3v) is 2.91. The van der Waals surface area contributed by atoms with Crippen LogP contribution in [0, 0.1) is 0 Å². The van der Waals surface area contributed by atoms with Gasteiger partial charge >= 0.3 is 0 Å². The molecule has 0 saturated carbocycles. The molecule has 1 N–H and O–H groups in total. The molecule has 0 spiro atoms. The Labute approximate surface area is 121 Å². The van der Waals surface area contributed by atoms with Crippen LogP contribution in [0.5, 0.6) is 5.75 Å². The fraction of sp³-hybridized carbons (Fsp3) is 0.353. The molecule has 1 heterocycles. The van der Waals surface area contributed by atoms with Gasteiger partial charge in [0.2, 0.25) is 0 Å². The Morgan fingerprint density at radius 2 is 2.00 bits per heavy atom. The van der Waals surface area contributed by atoms with Crippen molar-refractivity contribution in [1.29, 1.82) is 0 Å². The predicted octanol–water partition coefficient (Wildman–Crippen LogP) is 3.20. The Kier molecular flexibility index (Phi) is 5.56. The SMILES string of the molecule is CC(C)Oc1cccc(CNCCc2cccnc2)c1. The van der Waals surface area contributed by atoms with Crippen LogP contribution in [0.1, 0.15) is 25.0 Å². The molecule has 0 aliphatic heterocycles. The Morgan fingerprint density at radius 1 is 1.15 bits per heavy atom. The highest BCUT2D eigenvalue weighted by Gasteiger charge is 1.99. The molecule has 0 amide bonds. The highest BCUT2D eigenvalue weighted by Crippen LogP contribution is 2.14. The van der Waals surface area contributed by atoms with Gasteiger partial charge in [-0.25, -0.2) is 0 Å². The molecule has 3 heteroatoms. The van der Waals surface area contributed by atoms with Gasteiger partial charge in [0.15, 0.2) is 0 Å². The van der Waals surface area contributed by atoms with E-state index in [1.807, 2.05) is 38.2 Å². The van der Waals surface area contributed by atoms with E-state index in [0.29, 0.717) is 0 Å². The molecule has 0 atom stereocenters. The van der Waals surface area contributed by atoms with Crippen LogP contribution in [0.3, 0.4) is 0 Å². The van der Waals surface area contributed by atoms with E-state index in [2.05, 4.69) is 28.5 Å². The van der Waals surface area contributed by atoms with E-state index in [9.17, 15) is 0 Å². The quantitative estimate of drug-likeness (QED) is 0.785. The largest absolute Gasteiger partial charge is 0.491 e. The van der Waals surface area contributed by atoms with Crippen LogP contribution < -0.4 is 10.1 Å². The summed E-state index contributed by atoms with van der Waals surface area (Å²) in [6.07, 6.45) is 4.93. The highest BCUT2D eigenvalue weighted by molar-refractivity contribution is 5.28. The van der Waals surface area contributed by atoms with Gasteiger partial charge in [-0.2, -0.15) is 0 Å². The first kappa shape index (κ1) is 14.5. The van der Waals surface area contributed by atoms with Crippen molar-refractivity contribution in [2.24, 2.45) is 0 Å². The predicted molar refractivity (Wildman–Crippen MR) is 81.9 cm³/mol. The standard InChI is InChI=1S/C17H22N2O/c1-14(2)20-17-7-3-5-16(11-17)13-19-10-8-15-6-4-9-18-12-15/h3-7,9,11-12,14,19H,8,10,13H2,1-2H3. The van der Waals surface area contributed by atoms with Crippen molar-refractivity contribution in [3.8, 4) is 5.75 Å². The summed E-state index contributed by atoms with van der Waals surface area (Å²) in [6, 6.07) is 12.3. The molecule has 3 nitrogen and oxygen atoms in total. The van der Waals surface area contributed by atoms with E-state index in [4.69, 9.17) is 4.74 Å². The van der Waals surface area contributed by atoms with Crippen LogP contribution in [0.2, 0.25) is 0 Å². The van der Waals surface area contributed by atoms with E-state index in [-0.39, 0.29) is 6.10 Å². The minimum absolute atomic E-state index is 0.212. The smallest absolute Gasteiger partial charge is 0.120 e. The van der Waals surface area contributed by atoms with E-state index < -0.39 is 0 Å². The van der Waals surface area contributed by atoms with Crippen molar-refractivity contribution in [3.05, 3.63) is 59.9 Å². The molecule has 0 unspecified atom stereocenters. The second kappa shape index (κ2) is 7.65. The second-order valence-electron chi connectivity index (χ2n) is 5.10. The second-order valence-corrected chi connectivity index (χ2v) is 5.10. The minimum Gasteiger partial charge on any atom is -0.491 e. The molecular formula is C17H22N2O. The van der Waals surface area contributed by atoms with Gasteiger partial charge in [-0.05, 0) is 56.1 Å². The summed E-state index contributed by atoms with van der Waals surface area (Å²) < 4.78 is 5.69. The minimum atomic E-state index is 0.212. The molecule has 2 aromatic rings. The fourth-order valence-corrected chi connectivity index (χ4v) is 2.01. The maximum atomic E-state index is 5.69. The number of nitrogens with zero attached hydrogens (tertiary/aromatic N) is 1. The van der Waals surface area contributed by atoms with Crippen LogP contribution in [-0.4, -0.2) is 17.6 Å². The van der Waals surface area contributed by atoms with Gasteiger partial charge in [-0.3, -0.25) is 4.98 Å². The summed E-state index contributed by atoms with van der Waals surface area (Å²) in [7, 11) is 0. The zero-order chi connectivity index (χ0) is 14.2. The highest BCUT2D eigenvalue weighted by atomic mass is 16.5. The molecule has 2 rings (SSSR count). The van der Waals surface area contributed by atoms with Crippen molar-refractivity contribution >= 4 is 0 Å².